The van der Waals surface area contributed by atoms with Gasteiger partial charge >= 0.3 is 5.97 Å². The van der Waals surface area contributed by atoms with Crippen molar-refractivity contribution in [1.29, 1.82) is 0 Å². The predicted molar refractivity (Wildman–Crippen MR) is 67.0 cm³/mol. The minimum Gasteiger partial charge on any atom is -0.481 e. The molecule has 2 unspecified atom stereocenters. The highest BCUT2D eigenvalue weighted by atomic mass is 32.2. The number of thioether (sulfide) groups is 1. The molecule has 1 aliphatic rings. The Balaban J connectivity index is 2.23. The van der Waals surface area contributed by atoms with Gasteiger partial charge in [0, 0.05) is 5.75 Å². The molecule has 1 aromatic rings. The zero-order valence-corrected chi connectivity index (χ0v) is 10.2. The van der Waals surface area contributed by atoms with E-state index in [1.165, 1.54) is 11.1 Å². The van der Waals surface area contributed by atoms with E-state index < -0.39 is 5.97 Å². The van der Waals surface area contributed by atoms with Crippen LogP contribution in [0.25, 0.3) is 0 Å². The van der Waals surface area contributed by atoms with Crippen LogP contribution in [0.3, 0.4) is 0 Å². The molecule has 2 atom stereocenters. The fourth-order valence-corrected chi connectivity index (χ4v) is 3.41. The quantitative estimate of drug-likeness (QED) is 0.858. The smallest absolute Gasteiger partial charge is 0.307 e. The summed E-state index contributed by atoms with van der Waals surface area (Å²) >= 11 is 1.75. The lowest BCUT2D eigenvalue weighted by Crippen LogP contribution is -2.28. The van der Waals surface area contributed by atoms with E-state index in [4.69, 9.17) is 0 Å². The summed E-state index contributed by atoms with van der Waals surface area (Å²) in [4.78, 5) is 11.2. The monoisotopic (exact) mass is 236 g/mol. The van der Waals surface area contributed by atoms with Gasteiger partial charge in [-0.2, -0.15) is 11.8 Å². The van der Waals surface area contributed by atoms with Gasteiger partial charge in [-0.25, -0.2) is 0 Å². The van der Waals surface area contributed by atoms with E-state index in [2.05, 4.69) is 31.2 Å². The van der Waals surface area contributed by atoms with E-state index in [1.54, 1.807) is 11.8 Å². The first kappa shape index (κ1) is 11.5. The predicted octanol–water partition coefficient (Wildman–Crippen LogP) is 2.92. The summed E-state index contributed by atoms with van der Waals surface area (Å²) in [5.74, 6) is 1.13. The SMILES string of the molecule is Cc1ccc(C2CCSCC2C(=O)O)cc1. The van der Waals surface area contributed by atoms with Crippen LogP contribution >= 0.6 is 11.8 Å². The Kier molecular flexibility index (Phi) is 3.54. The van der Waals surface area contributed by atoms with Gasteiger partial charge in [-0.3, -0.25) is 4.79 Å². The van der Waals surface area contributed by atoms with Crippen LogP contribution in [-0.2, 0) is 4.79 Å². The van der Waals surface area contributed by atoms with E-state index >= 15 is 0 Å². The van der Waals surface area contributed by atoms with Crippen molar-refractivity contribution in [3.8, 4) is 0 Å². The number of rotatable bonds is 2. The Labute approximate surface area is 100 Å². The minimum atomic E-state index is -0.655. The maximum atomic E-state index is 11.2. The molecule has 2 nitrogen and oxygen atoms in total. The minimum absolute atomic E-state index is 0.194. The molecule has 1 N–H and O–H groups in total. The molecule has 1 aliphatic heterocycles. The molecule has 16 heavy (non-hydrogen) atoms. The number of carboxylic acid groups (broad SMARTS) is 1. The maximum Gasteiger partial charge on any atom is 0.307 e. The second-order valence-electron chi connectivity index (χ2n) is 4.33. The van der Waals surface area contributed by atoms with Crippen molar-refractivity contribution >= 4 is 17.7 Å². The normalized spacial score (nSPS) is 25.3. The first-order valence-corrected chi connectivity index (χ1v) is 6.71. The molecule has 1 heterocycles. The van der Waals surface area contributed by atoms with Crippen molar-refractivity contribution in [3.63, 3.8) is 0 Å². The fourth-order valence-electron chi connectivity index (χ4n) is 2.19. The van der Waals surface area contributed by atoms with Gasteiger partial charge in [0.2, 0.25) is 0 Å². The number of hydrogen-bond acceptors (Lipinski definition) is 2. The van der Waals surface area contributed by atoms with Gasteiger partial charge in [-0.05, 0) is 30.6 Å². The van der Waals surface area contributed by atoms with E-state index in [0.29, 0.717) is 0 Å². The van der Waals surface area contributed by atoms with E-state index in [1.807, 2.05) is 0 Å². The van der Waals surface area contributed by atoms with E-state index in [-0.39, 0.29) is 11.8 Å². The summed E-state index contributed by atoms with van der Waals surface area (Å²) < 4.78 is 0. The lowest BCUT2D eigenvalue weighted by molar-refractivity contribution is -0.141. The Hall–Kier alpha value is -0.960. The molecule has 0 radical (unpaired) electrons. The van der Waals surface area contributed by atoms with Gasteiger partial charge in [-0.1, -0.05) is 29.8 Å². The summed E-state index contributed by atoms with van der Waals surface area (Å²) in [6.45, 7) is 2.05. The molecule has 86 valence electrons. The molecule has 0 bridgehead atoms. The highest BCUT2D eigenvalue weighted by Gasteiger charge is 2.31. The molecule has 0 aromatic heterocycles. The molecule has 0 spiro atoms. The molecule has 1 fully saturated rings. The van der Waals surface area contributed by atoms with E-state index in [0.717, 1.165) is 17.9 Å². The molecule has 0 amide bonds. The maximum absolute atomic E-state index is 11.2. The fraction of sp³-hybridized carbons (Fsp3) is 0.462. The summed E-state index contributed by atoms with van der Waals surface area (Å²) in [5, 5.41) is 9.21. The van der Waals surface area contributed by atoms with Gasteiger partial charge < -0.3 is 5.11 Å². The zero-order chi connectivity index (χ0) is 11.5. The first-order valence-electron chi connectivity index (χ1n) is 5.55. The first-order chi connectivity index (χ1) is 7.68. The molecule has 1 saturated heterocycles. The lowest BCUT2D eigenvalue weighted by atomic mass is 9.84. The number of carbonyl (C=O) groups is 1. The van der Waals surface area contributed by atoms with Crippen molar-refractivity contribution in [1.82, 2.24) is 0 Å². The van der Waals surface area contributed by atoms with E-state index in [9.17, 15) is 9.90 Å². The molecular weight excluding hydrogens is 220 g/mol. The number of benzene rings is 1. The largest absolute Gasteiger partial charge is 0.481 e. The molecular formula is C13H16O2S. The van der Waals surface area contributed by atoms with Crippen LogP contribution < -0.4 is 0 Å². The highest BCUT2D eigenvalue weighted by Crippen LogP contribution is 2.36. The summed E-state index contributed by atoms with van der Waals surface area (Å²) in [5.41, 5.74) is 2.40. The van der Waals surface area contributed by atoms with Crippen LogP contribution in [-0.4, -0.2) is 22.6 Å². The third-order valence-corrected chi connectivity index (χ3v) is 4.30. The van der Waals surface area contributed by atoms with Crippen LogP contribution in [0.4, 0.5) is 0 Å². The van der Waals surface area contributed by atoms with Crippen molar-refractivity contribution in [2.24, 2.45) is 5.92 Å². The number of aliphatic carboxylic acids is 1. The second-order valence-corrected chi connectivity index (χ2v) is 5.48. The van der Waals surface area contributed by atoms with Crippen molar-refractivity contribution in [2.75, 3.05) is 11.5 Å². The average molecular weight is 236 g/mol. The van der Waals surface area contributed by atoms with Gasteiger partial charge in [0.05, 0.1) is 5.92 Å². The third kappa shape index (κ3) is 2.40. The van der Waals surface area contributed by atoms with Crippen LogP contribution in [0.5, 0.6) is 0 Å². The number of aryl methyl sites for hydroxylation is 1. The highest BCUT2D eigenvalue weighted by molar-refractivity contribution is 7.99. The van der Waals surface area contributed by atoms with Crippen molar-refractivity contribution < 1.29 is 9.90 Å². The van der Waals surface area contributed by atoms with Crippen molar-refractivity contribution in [3.05, 3.63) is 35.4 Å². The van der Waals surface area contributed by atoms with Crippen LogP contribution in [0.1, 0.15) is 23.5 Å². The molecule has 0 aliphatic carbocycles. The third-order valence-electron chi connectivity index (χ3n) is 3.18. The molecule has 2 rings (SSSR count). The van der Waals surface area contributed by atoms with Gasteiger partial charge in [0.1, 0.15) is 0 Å². The second kappa shape index (κ2) is 4.91. The Morgan fingerprint density at radius 3 is 2.69 bits per heavy atom. The molecule has 1 aromatic carbocycles. The van der Waals surface area contributed by atoms with Crippen molar-refractivity contribution in [2.45, 2.75) is 19.3 Å². The molecule has 0 saturated carbocycles. The zero-order valence-electron chi connectivity index (χ0n) is 9.35. The number of carboxylic acids is 1. The van der Waals surface area contributed by atoms with Gasteiger partial charge in [0.25, 0.3) is 0 Å². The summed E-state index contributed by atoms with van der Waals surface area (Å²) in [6.07, 6.45) is 0.977. The van der Waals surface area contributed by atoms with Gasteiger partial charge in [0.15, 0.2) is 0 Å². The van der Waals surface area contributed by atoms with Crippen LogP contribution in [0.2, 0.25) is 0 Å². The van der Waals surface area contributed by atoms with Crippen LogP contribution in [0.15, 0.2) is 24.3 Å². The standard InChI is InChI=1S/C13H16O2S/c1-9-2-4-10(5-3-9)11-6-7-16-8-12(11)13(14)15/h2-5,11-12H,6-8H2,1H3,(H,14,15). The lowest BCUT2D eigenvalue weighted by Gasteiger charge is -2.28. The Morgan fingerprint density at radius 1 is 1.38 bits per heavy atom. The summed E-state index contributed by atoms with van der Waals surface area (Å²) in [7, 11) is 0. The summed E-state index contributed by atoms with van der Waals surface area (Å²) in [6, 6.07) is 8.28. The van der Waals surface area contributed by atoms with Crippen LogP contribution in [0, 0.1) is 12.8 Å². The van der Waals surface area contributed by atoms with Gasteiger partial charge in [-0.15, -0.1) is 0 Å². The molecule has 3 heteroatoms. The Morgan fingerprint density at radius 2 is 2.06 bits per heavy atom. The number of hydrogen-bond donors (Lipinski definition) is 1. The average Bonchev–Trinajstić information content (AvgIpc) is 2.30. The Bertz CT molecular complexity index is 372. The topological polar surface area (TPSA) is 37.3 Å².